The van der Waals surface area contributed by atoms with Crippen LogP contribution in [-0.2, 0) is 27.2 Å². The van der Waals surface area contributed by atoms with Gasteiger partial charge >= 0.3 is 5.97 Å². The van der Waals surface area contributed by atoms with Gasteiger partial charge in [0, 0.05) is 22.2 Å². The van der Waals surface area contributed by atoms with Crippen molar-refractivity contribution in [2.24, 2.45) is 0 Å². The van der Waals surface area contributed by atoms with Gasteiger partial charge in [0.05, 0.1) is 37.2 Å². The van der Waals surface area contributed by atoms with Crippen molar-refractivity contribution in [2.45, 2.75) is 44.6 Å². The van der Waals surface area contributed by atoms with Gasteiger partial charge in [0.15, 0.2) is 0 Å². The van der Waals surface area contributed by atoms with E-state index < -0.39 is 0 Å². The van der Waals surface area contributed by atoms with Gasteiger partial charge in [0.1, 0.15) is 12.2 Å². The number of aryl methyl sites for hydroxylation is 1. The highest BCUT2D eigenvalue weighted by Crippen LogP contribution is 2.28. The summed E-state index contributed by atoms with van der Waals surface area (Å²) in [4.78, 5) is 33.0. The van der Waals surface area contributed by atoms with Crippen LogP contribution in [0.25, 0.3) is 23.0 Å². The van der Waals surface area contributed by atoms with E-state index in [2.05, 4.69) is 49.0 Å². The Morgan fingerprint density at radius 1 is 1.20 bits per heavy atom. The summed E-state index contributed by atoms with van der Waals surface area (Å²) in [6.45, 7) is 0. The predicted octanol–water partition coefficient (Wildman–Crippen LogP) is 4.96. The zero-order valence-electron chi connectivity index (χ0n) is 22.6. The molecule has 1 amide bonds. The Morgan fingerprint density at radius 2 is 2.10 bits per heavy atom. The number of rotatable bonds is 6. The number of H-pyrrole nitrogens is 1. The van der Waals surface area contributed by atoms with Crippen LogP contribution in [0.2, 0.25) is 5.02 Å². The Morgan fingerprint density at radius 3 is 2.93 bits per heavy atom. The summed E-state index contributed by atoms with van der Waals surface area (Å²) >= 11 is 6.21. The molecule has 2 bridgehead atoms. The van der Waals surface area contributed by atoms with Crippen molar-refractivity contribution in [2.75, 3.05) is 7.11 Å². The Balaban J connectivity index is 1.38. The smallest absolute Gasteiger partial charge is 0.309 e. The van der Waals surface area contributed by atoms with E-state index in [0.29, 0.717) is 28.5 Å². The van der Waals surface area contributed by atoms with Gasteiger partial charge in [-0.1, -0.05) is 42.0 Å². The number of carbonyl (C=O) groups is 2. The van der Waals surface area contributed by atoms with Crippen molar-refractivity contribution in [1.82, 2.24) is 35.5 Å². The summed E-state index contributed by atoms with van der Waals surface area (Å²) in [5.41, 5.74) is 5.34. The number of imidazole rings is 1. The molecule has 4 aromatic rings. The lowest BCUT2D eigenvalue weighted by molar-refractivity contribution is -0.139. The van der Waals surface area contributed by atoms with Gasteiger partial charge < -0.3 is 15.0 Å². The molecule has 2 aromatic carbocycles. The van der Waals surface area contributed by atoms with Gasteiger partial charge in [-0.05, 0) is 77.9 Å². The number of amides is 1. The number of methoxy groups -OCH3 is 1. The van der Waals surface area contributed by atoms with Gasteiger partial charge in [-0.2, -0.15) is 4.68 Å². The van der Waals surface area contributed by atoms with E-state index in [1.54, 1.807) is 30.5 Å². The third-order valence-electron chi connectivity index (χ3n) is 6.88. The van der Waals surface area contributed by atoms with Gasteiger partial charge in [-0.3, -0.25) is 9.59 Å². The minimum atomic E-state index is -0.363. The number of ether oxygens (including phenoxy) is 1. The second-order valence-corrected chi connectivity index (χ2v) is 10.2. The minimum Gasteiger partial charge on any atom is -0.469 e. The molecule has 0 saturated heterocycles. The van der Waals surface area contributed by atoms with Crippen molar-refractivity contribution >= 4 is 29.6 Å². The number of carbonyl (C=O) groups excluding carboxylic acids is 2. The fraction of sp³-hybridized carbons (Fsp3) is 0.267. The molecule has 210 valence electrons. The molecule has 3 heterocycles. The van der Waals surface area contributed by atoms with Crippen molar-refractivity contribution in [3.8, 4) is 16.9 Å². The molecule has 11 heteroatoms. The highest BCUT2D eigenvalue weighted by molar-refractivity contribution is 6.30. The van der Waals surface area contributed by atoms with E-state index >= 15 is 0 Å². The first-order valence-corrected chi connectivity index (χ1v) is 13.8. The summed E-state index contributed by atoms with van der Waals surface area (Å²) in [6.07, 6.45) is 15.3. The molecule has 1 aliphatic heterocycles. The number of nitrogens with zero attached hydrogens (tertiary/aromatic N) is 5. The molecule has 0 saturated carbocycles. The van der Waals surface area contributed by atoms with E-state index in [4.69, 9.17) is 16.3 Å². The molecular weight excluding hydrogens is 542 g/mol. The zero-order valence-corrected chi connectivity index (χ0v) is 23.3. The number of aromatic amines is 1. The van der Waals surface area contributed by atoms with Crippen LogP contribution in [0.1, 0.15) is 54.2 Å². The molecule has 5 rings (SSSR count). The number of fused-ring (bicyclic) bond motifs is 4. The predicted molar refractivity (Wildman–Crippen MR) is 155 cm³/mol. The molecule has 10 nitrogen and oxygen atoms in total. The van der Waals surface area contributed by atoms with Crippen molar-refractivity contribution in [3.05, 3.63) is 94.7 Å². The highest BCUT2D eigenvalue weighted by atomic mass is 35.5. The number of hydrogen-bond acceptors (Lipinski definition) is 7. The first kappa shape index (κ1) is 28.0. The standard InChI is InChI=1S/C30H30ClN7O3/c1-41-29(40)16-20-9-12-24-21(15-20)7-5-3-2-4-6-8-25(30-32-18-26(24)35-30)34-28(39)14-10-22-17-23(31)11-13-27(22)38-19-33-36-37-38/h4,6,9-15,17-19,25H,2-3,5,7-8,16H2,1H3,(H,32,35)(H,34,39)/b6-4+,14-10+/t25-/m0/s1. The van der Waals surface area contributed by atoms with E-state index in [-0.39, 0.29) is 24.3 Å². The third kappa shape index (κ3) is 7.15. The average Bonchev–Trinajstić information content (AvgIpc) is 3.68. The Labute approximate surface area is 242 Å². The SMILES string of the molecule is COC(=O)Cc1ccc2c(c1)CCCC/C=C/C[C@H](NC(=O)/C=C/c1cc(Cl)ccc1-n1cnnn1)c1ncc-2[nH]1. The average molecular weight is 572 g/mol. The van der Waals surface area contributed by atoms with E-state index in [1.165, 1.54) is 24.2 Å². The number of hydrogen-bond donors (Lipinski definition) is 2. The first-order chi connectivity index (χ1) is 20.0. The number of benzene rings is 2. The number of allylic oxidation sites excluding steroid dienone is 1. The number of halogens is 1. The lowest BCUT2D eigenvalue weighted by Crippen LogP contribution is -2.27. The van der Waals surface area contributed by atoms with Crippen LogP contribution in [-0.4, -0.2) is 49.2 Å². The third-order valence-corrected chi connectivity index (χ3v) is 7.12. The Kier molecular flexibility index (Phi) is 9.00. The van der Waals surface area contributed by atoms with Crippen LogP contribution in [0, 0.1) is 0 Å². The van der Waals surface area contributed by atoms with Gasteiger partial charge in [-0.15, -0.1) is 5.10 Å². The van der Waals surface area contributed by atoms with Gasteiger partial charge in [0.2, 0.25) is 5.91 Å². The Bertz CT molecular complexity index is 1580. The number of nitrogens with one attached hydrogen (secondary N) is 2. The molecular formula is C30H30ClN7O3. The molecule has 0 unspecified atom stereocenters. The topological polar surface area (TPSA) is 128 Å². The number of aromatic nitrogens is 6. The monoisotopic (exact) mass is 571 g/mol. The lowest BCUT2D eigenvalue weighted by Gasteiger charge is -2.14. The summed E-state index contributed by atoms with van der Waals surface area (Å²) in [5, 5.41) is 14.9. The van der Waals surface area contributed by atoms with Crippen molar-refractivity contribution in [1.29, 1.82) is 0 Å². The van der Waals surface area contributed by atoms with Crippen molar-refractivity contribution in [3.63, 3.8) is 0 Å². The molecule has 2 aromatic heterocycles. The highest BCUT2D eigenvalue weighted by Gasteiger charge is 2.18. The molecule has 2 N–H and O–H groups in total. The molecule has 0 spiro atoms. The zero-order chi connectivity index (χ0) is 28.6. The van der Waals surface area contributed by atoms with Crippen LogP contribution in [0.5, 0.6) is 0 Å². The van der Waals surface area contributed by atoms with E-state index in [9.17, 15) is 9.59 Å². The van der Waals surface area contributed by atoms with Crippen LogP contribution >= 0.6 is 11.6 Å². The van der Waals surface area contributed by atoms with Crippen molar-refractivity contribution < 1.29 is 14.3 Å². The maximum absolute atomic E-state index is 13.1. The van der Waals surface area contributed by atoms with Crippen LogP contribution in [0.3, 0.4) is 0 Å². The molecule has 41 heavy (non-hydrogen) atoms. The fourth-order valence-corrected chi connectivity index (χ4v) is 4.99. The molecule has 0 aliphatic carbocycles. The maximum Gasteiger partial charge on any atom is 0.309 e. The van der Waals surface area contributed by atoms with Crippen LogP contribution < -0.4 is 5.32 Å². The molecule has 0 radical (unpaired) electrons. The molecule has 1 atom stereocenters. The maximum atomic E-state index is 13.1. The normalized spacial score (nSPS) is 16.2. The van der Waals surface area contributed by atoms with Gasteiger partial charge in [0.25, 0.3) is 0 Å². The minimum absolute atomic E-state index is 0.231. The summed E-state index contributed by atoms with van der Waals surface area (Å²) < 4.78 is 6.35. The second-order valence-electron chi connectivity index (χ2n) is 9.73. The lowest BCUT2D eigenvalue weighted by atomic mass is 9.96. The molecule has 0 fully saturated rings. The van der Waals surface area contributed by atoms with E-state index in [1.807, 2.05) is 12.1 Å². The Hall–Kier alpha value is -4.57. The van der Waals surface area contributed by atoms with Gasteiger partial charge in [-0.25, -0.2) is 4.98 Å². The largest absolute Gasteiger partial charge is 0.469 e. The quantitative estimate of drug-likeness (QED) is 0.190. The second kappa shape index (κ2) is 13.2. The summed E-state index contributed by atoms with van der Waals surface area (Å²) in [6, 6.07) is 11.0. The molecule has 1 aliphatic rings. The summed E-state index contributed by atoms with van der Waals surface area (Å²) in [7, 11) is 1.40. The van der Waals surface area contributed by atoms with Crippen LogP contribution in [0.15, 0.2) is 67.2 Å². The number of esters is 1. The fourth-order valence-electron chi connectivity index (χ4n) is 4.81. The van der Waals surface area contributed by atoms with E-state index in [0.717, 1.165) is 48.1 Å². The first-order valence-electron chi connectivity index (χ1n) is 13.4. The summed E-state index contributed by atoms with van der Waals surface area (Å²) in [5.74, 6) is 0.117. The van der Waals surface area contributed by atoms with Crippen LogP contribution in [0.4, 0.5) is 0 Å². The number of tetrazole rings is 1.